The number of halogens is 4. The molecule has 0 saturated heterocycles. The molecule has 3 nitrogen and oxygen atoms in total. The Balaban J connectivity index is 2.94. The van der Waals surface area contributed by atoms with Crippen molar-refractivity contribution >= 4 is 5.91 Å². The third kappa shape index (κ3) is 4.55. The molecule has 0 aromatic heterocycles. The Hall–Kier alpha value is -2.07. The highest BCUT2D eigenvalue weighted by molar-refractivity contribution is 5.94. The van der Waals surface area contributed by atoms with Crippen molar-refractivity contribution in [2.24, 2.45) is 0 Å². The van der Waals surface area contributed by atoms with Crippen LogP contribution in [-0.2, 0) is 0 Å². The van der Waals surface area contributed by atoms with Crippen LogP contribution in [0.4, 0.5) is 17.6 Å². The highest BCUT2D eigenvalue weighted by atomic mass is 19.4. The number of aliphatic hydroxyl groups is 1. The topological polar surface area (TPSA) is 40.5 Å². The van der Waals surface area contributed by atoms with Gasteiger partial charge in [0.25, 0.3) is 5.91 Å². The van der Waals surface area contributed by atoms with Gasteiger partial charge in [0.05, 0.1) is 5.56 Å². The Kier molecular flexibility index (Phi) is 5.11. The third-order valence-corrected chi connectivity index (χ3v) is 2.27. The molecule has 0 unspecified atom stereocenters. The molecule has 1 N–H and O–H groups in total. The monoisotopic (exact) mass is 289 g/mol. The van der Waals surface area contributed by atoms with Gasteiger partial charge in [0.15, 0.2) is 0 Å². The van der Waals surface area contributed by atoms with Gasteiger partial charge < -0.3 is 10.0 Å². The van der Waals surface area contributed by atoms with Crippen LogP contribution in [0.1, 0.15) is 15.9 Å². The molecule has 0 atom stereocenters. The minimum Gasteiger partial charge on any atom is -0.384 e. The van der Waals surface area contributed by atoms with Gasteiger partial charge in [0, 0.05) is 12.6 Å². The van der Waals surface area contributed by atoms with Gasteiger partial charge in [-0.25, -0.2) is 4.39 Å². The Bertz CT molecular complexity index is 558. The Labute approximate surface area is 112 Å². The van der Waals surface area contributed by atoms with Crippen molar-refractivity contribution in [3.05, 3.63) is 35.1 Å². The van der Waals surface area contributed by atoms with Crippen molar-refractivity contribution in [3.63, 3.8) is 0 Å². The molecular weight excluding hydrogens is 278 g/mol. The number of aliphatic hydroxyl groups excluding tert-OH is 1. The maximum absolute atomic E-state index is 13.7. The molecule has 1 aromatic rings. The van der Waals surface area contributed by atoms with Crippen LogP contribution in [-0.4, -0.2) is 42.3 Å². The summed E-state index contributed by atoms with van der Waals surface area (Å²) >= 11 is 0. The van der Waals surface area contributed by atoms with Gasteiger partial charge in [-0.15, -0.1) is 0 Å². The molecule has 0 aliphatic carbocycles. The Morgan fingerprint density at radius 2 is 2.05 bits per heavy atom. The lowest BCUT2D eigenvalue weighted by Crippen LogP contribution is -2.36. The molecule has 0 spiro atoms. The molecule has 7 heteroatoms. The number of alkyl halides is 3. The van der Waals surface area contributed by atoms with Crippen molar-refractivity contribution in [1.29, 1.82) is 0 Å². The molecule has 20 heavy (non-hydrogen) atoms. The predicted octanol–water partition coefficient (Wildman–Crippen LogP) is 1.80. The van der Waals surface area contributed by atoms with Crippen LogP contribution in [0.25, 0.3) is 0 Å². The number of hydrogen-bond acceptors (Lipinski definition) is 2. The van der Waals surface area contributed by atoms with Crippen LogP contribution in [0.3, 0.4) is 0 Å². The van der Waals surface area contributed by atoms with E-state index in [-0.39, 0.29) is 5.56 Å². The first-order valence-electron chi connectivity index (χ1n) is 5.46. The molecule has 0 fully saturated rings. The van der Waals surface area contributed by atoms with Crippen LogP contribution >= 0.6 is 0 Å². The fourth-order valence-electron chi connectivity index (χ4n) is 1.45. The minimum absolute atomic E-state index is 0.214. The number of benzene rings is 1. The second-order valence-electron chi connectivity index (χ2n) is 3.93. The van der Waals surface area contributed by atoms with Crippen LogP contribution in [0.5, 0.6) is 0 Å². The van der Waals surface area contributed by atoms with Gasteiger partial charge in [-0.1, -0.05) is 11.8 Å². The number of amides is 1. The zero-order valence-electron chi connectivity index (χ0n) is 10.5. The zero-order chi connectivity index (χ0) is 15.3. The lowest BCUT2D eigenvalue weighted by molar-refractivity contribution is -0.138. The van der Waals surface area contributed by atoms with Crippen LogP contribution < -0.4 is 0 Å². The van der Waals surface area contributed by atoms with Gasteiger partial charge >= 0.3 is 6.18 Å². The standard InChI is InChI=1S/C13H11F4NO2/c1-18(8-13(15,16)17)12(20)10-5-4-9(3-2-6-19)7-11(10)14/h4-5,7,19H,6,8H2,1H3. The van der Waals surface area contributed by atoms with E-state index in [1.165, 1.54) is 6.07 Å². The van der Waals surface area contributed by atoms with Crippen molar-refractivity contribution in [1.82, 2.24) is 4.90 Å². The van der Waals surface area contributed by atoms with E-state index >= 15 is 0 Å². The molecule has 1 amide bonds. The maximum atomic E-state index is 13.7. The number of nitrogens with zero attached hydrogens (tertiary/aromatic N) is 1. The molecule has 0 aliphatic heterocycles. The fourth-order valence-corrected chi connectivity index (χ4v) is 1.45. The first-order valence-corrected chi connectivity index (χ1v) is 5.46. The molecular formula is C13H11F4NO2. The Morgan fingerprint density at radius 1 is 1.40 bits per heavy atom. The molecule has 1 rings (SSSR count). The van der Waals surface area contributed by atoms with Gasteiger partial charge in [0.1, 0.15) is 19.0 Å². The summed E-state index contributed by atoms with van der Waals surface area (Å²) in [5, 5.41) is 8.49. The zero-order valence-corrected chi connectivity index (χ0v) is 10.5. The van der Waals surface area contributed by atoms with Gasteiger partial charge in [-0.3, -0.25) is 4.79 Å². The quantitative estimate of drug-likeness (QED) is 0.666. The first-order chi connectivity index (χ1) is 9.24. The summed E-state index contributed by atoms with van der Waals surface area (Å²) in [6.07, 6.45) is -4.55. The Morgan fingerprint density at radius 3 is 2.55 bits per heavy atom. The molecule has 0 aliphatic rings. The van der Waals surface area contributed by atoms with Crippen LogP contribution in [0.15, 0.2) is 18.2 Å². The van der Waals surface area contributed by atoms with Crippen molar-refractivity contribution in [3.8, 4) is 11.8 Å². The van der Waals surface area contributed by atoms with Crippen molar-refractivity contribution in [2.45, 2.75) is 6.18 Å². The summed E-state index contributed by atoms with van der Waals surface area (Å²) in [6.45, 7) is -1.87. The SMILES string of the molecule is CN(CC(F)(F)F)C(=O)c1ccc(C#CCO)cc1F. The number of carbonyl (C=O) groups is 1. The first kappa shape index (κ1) is 16.0. The van der Waals surface area contributed by atoms with Crippen molar-refractivity contribution in [2.75, 3.05) is 20.2 Å². The van der Waals surface area contributed by atoms with E-state index in [9.17, 15) is 22.4 Å². The number of rotatable bonds is 2. The average molecular weight is 289 g/mol. The second-order valence-corrected chi connectivity index (χ2v) is 3.93. The largest absolute Gasteiger partial charge is 0.406 e. The maximum Gasteiger partial charge on any atom is 0.406 e. The second kappa shape index (κ2) is 6.39. The van der Waals surface area contributed by atoms with E-state index in [0.717, 1.165) is 19.2 Å². The van der Waals surface area contributed by atoms with E-state index in [1.54, 1.807) is 0 Å². The normalized spacial score (nSPS) is 10.7. The van der Waals surface area contributed by atoms with E-state index in [2.05, 4.69) is 11.8 Å². The average Bonchev–Trinajstić information content (AvgIpc) is 2.33. The van der Waals surface area contributed by atoms with E-state index in [4.69, 9.17) is 5.11 Å². The predicted molar refractivity (Wildman–Crippen MR) is 63.4 cm³/mol. The summed E-state index contributed by atoms with van der Waals surface area (Å²) in [5.74, 6) is 2.68. The third-order valence-electron chi connectivity index (χ3n) is 2.27. The van der Waals surface area contributed by atoms with Gasteiger partial charge in [-0.2, -0.15) is 13.2 Å². The number of carbonyl (C=O) groups excluding carboxylic acids is 1. The summed E-state index contributed by atoms with van der Waals surface area (Å²) < 4.78 is 50.1. The lowest BCUT2D eigenvalue weighted by atomic mass is 10.1. The summed E-state index contributed by atoms with van der Waals surface area (Å²) in [4.78, 5) is 12.1. The molecule has 1 aromatic carbocycles. The van der Waals surface area contributed by atoms with Crippen LogP contribution in [0.2, 0.25) is 0 Å². The van der Waals surface area contributed by atoms with Gasteiger partial charge in [-0.05, 0) is 18.2 Å². The smallest absolute Gasteiger partial charge is 0.384 e. The summed E-state index contributed by atoms with van der Waals surface area (Å²) in [5.41, 5.74) is -0.252. The lowest BCUT2D eigenvalue weighted by Gasteiger charge is -2.19. The molecule has 0 saturated carbocycles. The molecule has 108 valence electrons. The fraction of sp³-hybridized carbons (Fsp3) is 0.308. The van der Waals surface area contributed by atoms with E-state index < -0.39 is 36.6 Å². The van der Waals surface area contributed by atoms with E-state index in [0.29, 0.717) is 4.90 Å². The number of hydrogen-bond donors (Lipinski definition) is 1. The molecule has 0 bridgehead atoms. The highest BCUT2D eigenvalue weighted by Gasteiger charge is 2.32. The summed E-state index contributed by atoms with van der Waals surface area (Å²) in [6, 6.07) is 3.28. The molecule has 0 heterocycles. The summed E-state index contributed by atoms with van der Waals surface area (Å²) in [7, 11) is 0.939. The van der Waals surface area contributed by atoms with Crippen LogP contribution in [0, 0.1) is 17.7 Å². The molecule has 0 radical (unpaired) electrons. The van der Waals surface area contributed by atoms with E-state index in [1.807, 2.05) is 0 Å². The minimum atomic E-state index is -4.55. The highest BCUT2D eigenvalue weighted by Crippen LogP contribution is 2.18. The van der Waals surface area contributed by atoms with Gasteiger partial charge in [0.2, 0.25) is 0 Å². The van der Waals surface area contributed by atoms with Crippen molar-refractivity contribution < 1.29 is 27.5 Å².